The number of aromatic nitrogens is 3. The van der Waals surface area contributed by atoms with Crippen molar-refractivity contribution in [3.05, 3.63) is 52.5 Å². The second-order valence-electron chi connectivity index (χ2n) is 5.40. The fourth-order valence-electron chi connectivity index (χ4n) is 2.23. The molecule has 8 heteroatoms. The third-order valence-corrected chi connectivity index (χ3v) is 5.50. The van der Waals surface area contributed by atoms with E-state index in [0.29, 0.717) is 28.9 Å². The van der Waals surface area contributed by atoms with Crippen molar-refractivity contribution < 1.29 is 14.2 Å². The second-order valence-corrected chi connectivity index (χ2v) is 7.42. The molecule has 1 aromatic carbocycles. The summed E-state index contributed by atoms with van der Waals surface area (Å²) in [5.74, 6) is 0.550. The molecule has 132 valence electrons. The number of aliphatic hydroxyl groups excluding tert-OH is 1. The van der Waals surface area contributed by atoms with Gasteiger partial charge in [-0.15, -0.1) is 21.5 Å². The van der Waals surface area contributed by atoms with E-state index >= 15 is 0 Å². The lowest BCUT2D eigenvalue weighted by Gasteiger charge is -2.10. The van der Waals surface area contributed by atoms with E-state index in [4.69, 9.17) is 4.74 Å². The average Bonchev–Trinajstić information content (AvgIpc) is 3.24. The van der Waals surface area contributed by atoms with Gasteiger partial charge in [-0.25, -0.2) is 4.39 Å². The van der Waals surface area contributed by atoms with Gasteiger partial charge in [0.2, 0.25) is 0 Å². The zero-order valence-electron chi connectivity index (χ0n) is 13.6. The van der Waals surface area contributed by atoms with E-state index in [1.807, 2.05) is 17.5 Å². The van der Waals surface area contributed by atoms with Crippen LogP contribution in [0.5, 0.6) is 0 Å². The summed E-state index contributed by atoms with van der Waals surface area (Å²) in [6.07, 6.45) is -0.612. The fraction of sp³-hybridized carbons (Fsp3) is 0.294. The van der Waals surface area contributed by atoms with Gasteiger partial charge in [0.1, 0.15) is 5.82 Å². The Morgan fingerprint density at radius 3 is 2.88 bits per heavy atom. The van der Waals surface area contributed by atoms with Gasteiger partial charge in [-0.3, -0.25) is 0 Å². The number of hydrogen-bond acceptors (Lipinski definition) is 6. The van der Waals surface area contributed by atoms with Gasteiger partial charge < -0.3 is 14.4 Å². The Morgan fingerprint density at radius 1 is 1.28 bits per heavy atom. The molecule has 0 saturated heterocycles. The predicted molar refractivity (Wildman–Crippen MR) is 97.1 cm³/mol. The number of rotatable bonds is 8. The highest BCUT2D eigenvalue weighted by Gasteiger charge is 2.15. The molecule has 0 unspecified atom stereocenters. The van der Waals surface area contributed by atoms with E-state index in [0.717, 1.165) is 4.88 Å². The molecule has 2 heterocycles. The van der Waals surface area contributed by atoms with Gasteiger partial charge in [0.05, 0.1) is 24.9 Å². The molecule has 0 aliphatic heterocycles. The van der Waals surface area contributed by atoms with Crippen molar-refractivity contribution in [1.82, 2.24) is 14.8 Å². The van der Waals surface area contributed by atoms with Crippen LogP contribution < -0.4 is 0 Å². The molecule has 0 amide bonds. The summed E-state index contributed by atoms with van der Waals surface area (Å²) < 4.78 is 21.1. The van der Waals surface area contributed by atoms with Crippen molar-refractivity contribution >= 4 is 23.1 Å². The molecule has 1 atom stereocenters. The zero-order chi connectivity index (χ0) is 17.6. The Bertz CT molecular complexity index is 808. The summed E-state index contributed by atoms with van der Waals surface area (Å²) in [6.45, 7) is 0.754. The molecule has 3 aromatic rings. The van der Waals surface area contributed by atoms with Gasteiger partial charge >= 0.3 is 0 Å². The predicted octanol–water partition coefficient (Wildman–Crippen LogP) is 3.35. The minimum Gasteiger partial charge on any atom is -0.390 e. The average molecular weight is 379 g/mol. The van der Waals surface area contributed by atoms with Gasteiger partial charge in [-0.1, -0.05) is 30.0 Å². The molecule has 0 bridgehead atoms. The molecule has 5 nitrogen and oxygen atoms in total. The van der Waals surface area contributed by atoms with E-state index in [1.165, 1.54) is 17.8 Å². The lowest BCUT2D eigenvalue weighted by molar-refractivity contribution is 0.0408. The monoisotopic (exact) mass is 379 g/mol. The smallest absolute Gasteiger partial charge is 0.191 e. The number of nitrogens with zero attached hydrogens (tertiary/aromatic N) is 3. The van der Waals surface area contributed by atoms with Gasteiger partial charge in [0.25, 0.3) is 0 Å². The molecule has 0 aliphatic carbocycles. The van der Waals surface area contributed by atoms with Crippen LogP contribution in [-0.2, 0) is 18.4 Å². The SMILES string of the molecule is Cn1c(SC[C@H](O)COCc2cccs2)nnc1-c1ccccc1F. The maximum Gasteiger partial charge on any atom is 0.191 e. The van der Waals surface area contributed by atoms with E-state index in [1.54, 1.807) is 41.2 Å². The number of hydrogen-bond donors (Lipinski definition) is 1. The van der Waals surface area contributed by atoms with Crippen molar-refractivity contribution in [3.63, 3.8) is 0 Å². The standard InChI is InChI=1S/C17H18FN3O2S2/c1-21-16(14-6-2-3-7-15(14)18)19-20-17(21)25-11-12(22)9-23-10-13-5-4-8-24-13/h2-8,12,22H,9-11H2,1H3/t12-/m1/s1. The minimum atomic E-state index is -0.612. The Balaban J connectivity index is 1.52. The van der Waals surface area contributed by atoms with Gasteiger partial charge in [0, 0.05) is 17.7 Å². The van der Waals surface area contributed by atoms with Crippen molar-refractivity contribution in [3.8, 4) is 11.4 Å². The third-order valence-electron chi connectivity index (χ3n) is 3.49. The van der Waals surface area contributed by atoms with Crippen LogP contribution in [-0.4, -0.2) is 38.3 Å². The number of thioether (sulfide) groups is 1. The second kappa shape index (κ2) is 8.57. The van der Waals surface area contributed by atoms with Crippen LogP contribution in [0.2, 0.25) is 0 Å². The summed E-state index contributed by atoms with van der Waals surface area (Å²) in [7, 11) is 1.78. The molecule has 0 saturated carbocycles. The molecule has 0 spiro atoms. The Labute approximate surface area is 153 Å². The summed E-state index contributed by atoms with van der Waals surface area (Å²) >= 11 is 2.99. The number of aliphatic hydroxyl groups is 1. The number of thiophene rings is 1. The Kier molecular flexibility index (Phi) is 6.19. The molecule has 25 heavy (non-hydrogen) atoms. The van der Waals surface area contributed by atoms with Crippen LogP contribution in [0.15, 0.2) is 46.9 Å². The molecule has 0 fully saturated rings. The molecule has 0 radical (unpaired) electrons. The largest absolute Gasteiger partial charge is 0.390 e. The quantitative estimate of drug-likeness (QED) is 0.608. The van der Waals surface area contributed by atoms with Crippen LogP contribution in [0.25, 0.3) is 11.4 Å². The van der Waals surface area contributed by atoms with Crippen molar-refractivity contribution in [1.29, 1.82) is 0 Å². The first-order chi connectivity index (χ1) is 12.1. The minimum absolute atomic E-state index is 0.253. The van der Waals surface area contributed by atoms with Gasteiger partial charge in [-0.05, 0) is 23.6 Å². The van der Waals surface area contributed by atoms with E-state index in [9.17, 15) is 9.50 Å². The summed E-state index contributed by atoms with van der Waals surface area (Å²) in [6, 6.07) is 10.4. The van der Waals surface area contributed by atoms with Crippen LogP contribution in [0, 0.1) is 5.82 Å². The van der Waals surface area contributed by atoms with Crippen molar-refractivity contribution in [2.45, 2.75) is 17.9 Å². The first-order valence-electron chi connectivity index (χ1n) is 7.70. The zero-order valence-corrected chi connectivity index (χ0v) is 15.3. The van der Waals surface area contributed by atoms with Crippen molar-refractivity contribution in [2.24, 2.45) is 7.05 Å². The number of ether oxygens (including phenoxy) is 1. The topological polar surface area (TPSA) is 60.2 Å². The molecule has 3 rings (SSSR count). The van der Waals surface area contributed by atoms with E-state index < -0.39 is 6.10 Å². The summed E-state index contributed by atoms with van der Waals surface area (Å²) in [5.41, 5.74) is 0.407. The van der Waals surface area contributed by atoms with Crippen molar-refractivity contribution in [2.75, 3.05) is 12.4 Å². The van der Waals surface area contributed by atoms with E-state index in [-0.39, 0.29) is 12.4 Å². The van der Waals surface area contributed by atoms with Crippen LogP contribution in [0.4, 0.5) is 4.39 Å². The van der Waals surface area contributed by atoms with Gasteiger partial charge in [0.15, 0.2) is 11.0 Å². The lowest BCUT2D eigenvalue weighted by Crippen LogP contribution is -2.18. The highest BCUT2D eigenvalue weighted by atomic mass is 32.2. The molecule has 0 aliphatic rings. The molecule has 2 aromatic heterocycles. The maximum atomic E-state index is 13.9. The number of halogens is 1. The molecule has 1 N–H and O–H groups in total. The third kappa shape index (κ3) is 4.66. The lowest BCUT2D eigenvalue weighted by atomic mass is 10.2. The van der Waals surface area contributed by atoms with Gasteiger partial charge in [-0.2, -0.15) is 0 Å². The normalized spacial score (nSPS) is 12.4. The Hall–Kier alpha value is -1.74. The summed E-state index contributed by atoms with van der Waals surface area (Å²) in [4.78, 5) is 1.13. The van der Waals surface area contributed by atoms with Crippen LogP contribution in [0.1, 0.15) is 4.88 Å². The maximum absolute atomic E-state index is 13.9. The number of benzene rings is 1. The first-order valence-corrected chi connectivity index (χ1v) is 9.57. The fourth-order valence-corrected chi connectivity index (χ4v) is 3.68. The van der Waals surface area contributed by atoms with E-state index in [2.05, 4.69) is 10.2 Å². The Morgan fingerprint density at radius 2 is 2.12 bits per heavy atom. The highest BCUT2D eigenvalue weighted by Crippen LogP contribution is 2.25. The van der Waals surface area contributed by atoms with Crippen LogP contribution >= 0.6 is 23.1 Å². The summed E-state index contributed by atoms with van der Waals surface area (Å²) in [5, 5.41) is 20.8. The molecular weight excluding hydrogens is 361 g/mol. The highest BCUT2D eigenvalue weighted by molar-refractivity contribution is 7.99. The molecular formula is C17H18FN3O2S2. The van der Waals surface area contributed by atoms with Crippen LogP contribution in [0.3, 0.4) is 0 Å². The first kappa shape index (κ1) is 18.1.